The van der Waals surface area contributed by atoms with Crippen LogP contribution in [0, 0.1) is 6.92 Å². The van der Waals surface area contributed by atoms with Crippen molar-refractivity contribution in [3.8, 4) is 0 Å². The van der Waals surface area contributed by atoms with Gasteiger partial charge in [0.05, 0.1) is 18.4 Å². The van der Waals surface area contributed by atoms with Gasteiger partial charge in [0.25, 0.3) is 5.91 Å². The van der Waals surface area contributed by atoms with Crippen molar-refractivity contribution in [1.29, 1.82) is 0 Å². The normalized spacial score (nSPS) is 13.8. The van der Waals surface area contributed by atoms with E-state index in [0.29, 0.717) is 35.8 Å². The molecule has 0 unspecified atom stereocenters. The van der Waals surface area contributed by atoms with Crippen molar-refractivity contribution in [3.05, 3.63) is 59.7 Å². The number of carbonyl (C=O) groups excluding carboxylic acids is 1. The maximum atomic E-state index is 13.3. The Labute approximate surface area is 187 Å². The first-order chi connectivity index (χ1) is 15.7. The Kier molecular flexibility index (Phi) is 5.90. The number of halogens is 3. The predicted molar refractivity (Wildman–Crippen MR) is 120 cm³/mol. The van der Waals surface area contributed by atoms with Gasteiger partial charge in [-0.25, -0.2) is 9.97 Å². The van der Waals surface area contributed by atoms with Crippen molar-refractivity contribution >= 4 is 34.3 Å². The predicted octanol–water partition coefficient (Wildman–Crippen LogP) is 3.21. The lowest BCUT2D eigenvalue weighted by molar-refractivity contribution is -0.0571. The number of aliphatic imine (C=N–C) groups is 1. The summed E-state index contributed by atoms with van der Waals surface area (Å²) in [5.41, 5.74) is 7.22. The monoisotopic (exact) mass is 457 g/mol. The summed E-state index contributed by atoms with van der Waals surface area (Å²) in [7, 11) is 1.69. The van der Waals surface area contributed by atoms with Crippen LogP contribution in [-0.4, -0.2) is 63.7 Å². The number of carbonyl (C=O) groups is 1. The first-order valence-electron chi connectivity index (χ1n) is 10.2. The van der Waals surface area contributed by atoms with Gasteiger partial charge < -0.3 is 16.0 Å². The van der Waals surface area contributed by atoms with Gasteiger partial charge in [-0.1, -0.05) is 6.08 Å². The lowest BCUT2D eigenvalue weighted by Gasteiger charge is -2.18. The number of anilines is 2. The summed E-state index contributed by atoms with van der Waals surface area (Å²) in [5, 5.41) is 3.14. The number of fused-ring (bicyclic) bond motifs is 1. The molecule has 8 nitrogen and oxygen atoms in total. The molecule has 1 amide bonds. The molecule has 0 spiro atoms. The van der Waals surface area contributed by atoms with Crippen LogP contribution in [-0.2, 0) is 0 Å². The molecule has 3 heterocycles. The summed E-state index contributed by atoms with van der Waals surface area (Å²) in [6, 6.07) is 5.24. The Morgan fingerprint density at radius 3 is 2.79 bits per heavy atom. The molecule has 4 rings (SSSR count). The van der Waals surface area contributed by atoms with Gasteiger partial charge in [0.1, 0.15) is 5.71 Å². The average Bonchev–Trinajstić information content (AvgIpc) is 3.41. The highest BCUT2D eigenvalue weighted by atomic mass is 19.4. The van der Waals surface area contributed by atoms with Gasteiger partial charge in [-0.15, -0.1) is 0 Å². The third kappa shape index (κ3) is 4.31. The molecule has 11 heteroatoms. The molecule has 0 fully saturated rings. The van der Waals surface area contributed by atoms with Crippen LogP contribution >= 0.6 is 0 Å². The summed E-state index contributed by atoms with van der Waals surface area (Å²) in [6.07, 6.45) is 1.29. The molecule has 0 radical (unpaired) electrons. The molecular weight excluding hydrogens is 435 g/mol. The number of alkyl halides is 3. The van der Waals surface area contributed by atoms with Crippen LogP contribution in [0.2, 0.25) is 0 Å². The molecule has 1 aromatic carbocycles. The number of rotatable bonds is 6. The van der Waals surface area contributed by atoms with Gasteiger partial charge in [-0.2, -0.15) is 13.2 Å². The molecule has 3 N–H and O–H groups in total. The van der Waals surface area contributed by atoms with E-state index in [0.717, 1.165) is 5.56 Å². The van der Waals surface area contributed by atoms with Crippen LogP contribution < -0.4 is 11.1 Å². The number of amides is 1. The molecule has 3 aromatic rings. The standard InChI is InChI=1S/C22H22F3N7O/c1-13-11-14(3-4-15(13)21(33)31(2)9-6-26)30-19-20-29-12-17(32(20)10-8-28-19)16-5-7-27-18(16)22(23,24)25/h3-5,8,10-12H,6-7,9,26H2,1-2H3,(H,28,30). The van der Waals surface area contributed by atoms with Crippen molar-refractivity contribution < 1.29 is 18.0 Å². The molecular formula is C22H22F3N7O. The van der Waals surface area contributed by atoms with Gasteiger partial charge in [-0.3, -0.25) is 14.2 Å². The minimum absolute atomic E-state index is 0.00698. The van der Waals surface area contributed by atoms with Crippen molar-refractivity contribution in [3.63, 3.8) is 0 Å². The zero-order valence-electron chi connectivity index (χ0n) is 18.0. The maximum absolute atomic E-state index is 13.3. The number of hydrogen-bond acceptors (Lipinski definition) is 6. The molecule has 1 aliphatic heterocycles. The molecule has 1 aliphatic rings. The Hall–Kier alpha value is -3.73. The molecule has 33 heavy (non-hydrogen) atoms. The van der Waals surface area contributed by atoms with Crippen molar-refractivity contribution in [1.82, 2.24) is 19.3 Å². The molecule has 0 atom stereocenters. The second-order valence-electron chi connectivity index (χ2n) is 7.59. The lowest BCUT2D eigenvalue weighted by atomic mass is 10.1. The van der Waals surface area contributed by atoms with Gasteiger partial charge >= 0.3 is 6.18 Å². The fourth-order valence-corrected chi connectivity index (χ4v) is 3.70. The quantitative estimate of drug-likeness (QED) is 0.592. The average molecular weight is 457 g/mol. The van der Waals surface area contributed by atoms with E-state index in [1.165, 1.54) is 18.5 Å². The van der Waals surface area contributed by atoms with E-state index in [9.17, 15) is 18.0 Å². The summed E-state index contributed by atoms with van der Waals surface area (Å²) in [6.45, 7) is 2.61. The van der Waals surface area contributed by atoms with Crippen LogP contribution in [0.3, 0.4) is 0 Å². The number of aromatic nitrogens is 3. The van der Waals surface area contributed by atoms with Crippen molar-refractivity contribution in [2.24, 2.45) is 10.7 Å². The maximum Gasteiger partial charge on any atom is 0.433 e. The van der Waals surface area contributed by atoms with Crippen molar-refractivity contribution in [2.75, 3.05) is 32.0 Å². The first-order valence-corrected chi connectivity index (χ1v) is 10.2. The highest BCUT2D eigenvalue weighted by Crippen LogP contribution is 2.32. The number of hydrogen-bond donors (Lipinski definition) is 2. The largest absolute Gasteiger partial charge is 0.433 e. The fraction of sp³-hybridized carbons (Fsp3) is 0.273. The van der Waals surface area contributed by atoms with Crippen molar-refractivity contribution in [2.45, 2.75) is 13.1 Å². The van der Waals surface area contributed by atoms with E-state index in [1.807, 2.05) is 6.92 Å². The Morgan fingerprint density at radius 2 is 2.09 bits per heavy atom. The Bertz CT molecular complexity index is 1280. The number of imidazole rings is 1. The fourth-order valence-electron chi connectivity index (χ4n) is 3.70. The smallest absolute Gasteiger partial charge is 0.340 e. The number of benzene rings is 1. The van der Waals surface area contributed by atoms with E-state index < -0.39 is 11.9 Å². The highest BCUT2D eigenvalue weighted by Gasteiger charge is 2.40. The molecule has 0 saturated heterocycles. The number of nitrogens with zero attached hydrogens (tertiary/aromatic N) is 5. The molecule has 0 saturated carbocycles. The lowest BCUT2D eigenvalue weighted by Crippen LogP contribution is -2.32. The topological polar surface area (TPSA) is 101 Å². The van der Waals surface area contributed by atoms with Crippen LogP contribution in [0.4, 0.5) is 24.7 Å². The third-order valence-electron chi connectivity index (χ3n) is 5.30. The Morgan fingerprint density at radius 1 is 1.30 bits per heavy atom. The van der Waals surface area contributed by atoms with Crippen LogP contribution in [0.15, 0.2) is 47.9 Å². The zero-order valence-corrected chi connectivity index (χ0v) is 18.0. The summed E-state index contributed by atoms with van der Waals surface area (Å²) in [5.74, 6) is 0.237. The molecule has 0 bridgehead atoms. The number of likely N-dealkylation sites (N-methyl/N-ethyl adjacent to an activating group) is 1. The summed E-state index contributed by atoms with van der Waals surface area (Å²) >= 11 is 0. The van der Waals surface area contributed by atoms with Crippen LogP contribution in [0.5, 0.6) is 0 Å². The van der Waals surface area contributed by atoms with E-state index in [1.54, 1.807) is 40.7 Å². The Balaban J connectivity index is 1.63. The number of allylic oxidation sites excluding steroid dienone is 1. The van der Waals surface area contributed by atoms with E-state index in [2.05, 4.69) is 20.3 Å². The second kappa shape index (κ2) is 8.66. The summed E-state index contributed by atoms with van der Waals surface area (Å²) in [4.78, 5) is 26.3. The van der Waals surface area contributed by atoms with Crippen LogP contribution in [0.1, 0.15) is 21.6 Å². The first kappa shape index (κ1) is 22.5. The SMILES string of the molecule is Cc1cc(Nc2nccn3c(C4=CCN=C4C(F)(F)F)cnc23)ccc1C(=O)N(C)CCN. The van der Waals surface area contributed by atoms with Gasteiger partial charge in [-0.05, 0) is 30.7 Å². The van der Waals surface area contributed by atoms with Crippen LogP contribution in [0.25, 0.3) is 11.2 Å². The minimum Gasteiger partial charge on any atom is -0.340 e. The number of nitrogens with two attached hydrogens (primary N) is 1. The minimum atomic E-state index is -4.55. The van der Waals surface area contributed by atoms with Gasteiger partial charge in [0, 0.05) is 49.4 Å². The zero-order chi connectivity index (χ0) is 23.8. The van der Waals surface area contributed by atoms with E-state index >= 15 is 0 Å². The number of aryl methyl sites for hydroxylation is 1. The second-order valence-corrected chi connectivity index (χ2v) is 7.59. The highest BCUT2D eigenvalue weighted by molar-refractivity contribution is 6.27. The molecule has 0 aliphatic carbocycles. The summed E-state index contributed by atoms with van der Waals surface area (Å²) < 4.78 is 41.5. The number of nitrogens with one attached hydrogen (secondary N) is 1. The van der Waals surface area contributed by atoms with Gasteiger partial charge in [0.2, 0.25) is 0 Å². The molecule has 172 valence electrons. The molecule has 2 aromatic heterocycles. The third-order valence-corrected chi connectivity index (χ3v) is 5.30. The van der Waals surface area contributed by atoms with Gasteiger partial charge in [0.15, 0.2) is 11.5 Å². The van der Waals surface area contributed by atoms with E-state index in [-0.39, 0.29) is 23.7 Å². The van der Waals surface area contributed by atoms with E-state index in [4.69, 9.17) is 5.73 Å².